The number of nitrogen functional groups attached to an aromatic ring is 1. The van der Waals surface area contributed by atoms with E-state index in [9.17, 15) is 8.42 Å². The summed E-state index contributed by atoms with van der Waals surface area (Å²) >= 11 is 0. The quantitative estimate of drug-likeness (QED) is 0.767. The van der Waals surface area contributed by atoms with Crippen LogP contribution in [-0.2, 0) is 10.0 Å². The van der Waals surface area contributed by atoms with Crippen LogP contribution in [-0.4, -0.2) is 28.6 Å². The van der Waals surface area contributed by atoms with E-state index in [0.717, 1.165) is 18.7 Å². The maximum absolute atomic E-state index is 11.9. The first kappa shape index (κ1) is 14.8. The number of benzene rings is 1. The Balaban J connectivity index is 3.15. The topological polar surface area (TPSA) is 75.4 Å². The molecule has 6 heteroatoms. The molecule has 0 atom stereocenters. The molecule has 5 nitrogen and oxygen atoms in total. The molecule has 0 spiro atoms. The van der Waals surface area contributed by atoms with E-state index in [2.05, 4.69) is 11.6 Å². The molecule has 0 aromatic heterocycles. The van der Waals surface area contributed by atoms with E-state index in [1.807, 2.05) is 11.9 Å². The van der Waals surface area contributed by atoms with Crippen molar-refractivity contribution in [1.82, 2.24) is 4.72 Å². The predicted molar refractivity (Wildman–Crippen MR) is 75.3 cm³/mol. The number of hydrogen-bond acceptors (Lipinski definition) is 4. The molecule has 0 saturated carbocycles. The number of anilines is 2. The lowest BCUT2D eigenvalue weighted by atomic mass is 10.2. The van der Waals surface area contributed by atoms with Gasteiger partial charge >= 0.3 is 0 Å². The summed E-state index contributed by atoms with van der Waals surface area (Å²) in [6.45, 7) is 5.01. The Bertz CT molecular complexity index is 500. The van der Waals surface area contributed by atoms with E-state index in [-0.39, 0.29) is 4.90 Å². The summed E-state index contributed by atoms with van der Waals surface area (Å²) in [4.78, 5) is 2.21. The first-order valence-electron chi connectivity index (χ1n) is 6.02. The van der Waals surface area contributed by atoms with Crippen LogP contribution in [0.5, 0.6) is 0 Å². The largest absolute Gasteiger partial charge is 0.397 e. The Hall–Kier alpha value is -1.27. The molecule has 102 valence electrons. The second-order valence-electron chi connectivity index (χ2n) is 4.14. The van der Waals surface area contributed by atoms with E-state index in [1.165, 1.54) is 6.07 Å². The van der Waals surface area contributed by atoms with Crippen LogP contribution in [0.3, 0.4) is 0 Å². The molecule has 0 saturated heterocycles. The molecule has 1 aromatic carbocycles. The zero-order chi connectivity index (χ0) is 13.8. The number of sulfonamides is 1. The third kappa shape index (κ3) is 3.36. The van der Waals surface area contributed by atoms with Crippen LogP contribution in [0.1, 0.15) is 20.3 Å². The van der Waals surface area contributed by atoms with Crippen molar-refractivity contribution in [3.63, 3.8) is 0 Å². The van der Waals surface area contributed by atoms with Crippen molar-refractivity contribution in [3.8, 4) is 0 Å². The lowest BCUT2D eigenvalue weighted by molar-refractivity contribution is 0.584. The average Bonchev–Trinajstić information content (AvgIpc) is 2.29. The van der Waals surface area contributed by atoms with Crippen LogP contribution in [0.4, 0.5) is 11.4 Å². The summed E-state index contributed by atoms with van der Waals surface area (Å²) < 4.78 is 26.3. The van der Waals surface area contributed by atoms with Crippen LogP contribution in [0, 0.1) is 0 Å². The van der Waals surface area contributed by atoms with Crippen molar-refractivity contribution in [2.24, 2.45) is 0 Å². The van der Waals surface area contributed by atoms with Crippen LogP contribution in [0.2, 0.25) is 0 Å². The molecule has 1 aromatic rings. The molecule has 18 heavy (non-hydrogen) atoms. The summed E-state index contributed by atoms with van der Waals surface area (Å²) in [7, 11) is -1.53. The molecule has 0 aliphatic heterocycles. The number of rotatable bonds is 6. The van der Waals surface area contributed by atoms with Crippen molar-refractivity contribution in [2.45, 2.75) is 25.2 Å². The van der Waals surface area contributed by atoms with Gasteiger partial charge in [-0.15, -0.1) is 0 Å². The fraction of sp³-hybridized carbons (Fsp3) is 0.500. The number of hydrogen-bond donors (Lipinski definition) is 2. The SMILES string of the molecule is CCCN(C)c1cc(S(=O)(=O)NCC)ccc1N. The Morgan fingerprint density at radius 1 is 1.33 bits per heavy atom. The highest BCUT2D eigenvalue weighted by Gasteiger charge is 2.15. The highest BCUT2D eigenvalue weighted by atomic mass is 32.2. The van der Waals surface area contributed by atoms with Crippen LogP contribution in [0.25, 0.3) is 0 Å². The second kappa shape index (κ2) is 6.06. The molecule has 0 aliphatic rings. The second-order valence-corrected chi connectivity index (χ2v) is 5.91. The fourth-order valence-electron chi connectivity index (χ4n) is 1.75. The van der Waals surface area contributed by atoms with Crippen molar-refractivity contribution in [3.05, 3.63) is 18.2 Å². The van der Waals surface area contributed by atoms with Gasteiger partial charge in [-0.3, -0.25) is 0 Å². The van der Waals surface area contributed by atoms with Gasteiger partial charge < -0.3 is 10.6 Å². The zero-order valence-corrected chi connectivity index (χ0v) is 11.9. The van der Waals surface area contributed by atoms with Crippen LogP contribution >= 0.6 is 0 Å². The molecule has 0 heterocycles. The lowest BCUT2D eigenvalue weighted by Crippen LogP contribution is -2.24. The monoisotopic (exact) mass is 271 g/mol. The smallest absolute Gasteiger partial charge is 0.240 e. The average molecular weight is 271 g/mol. The van der Waals surface area contributed by atoms with Gasteiger partial charge in [0.15, 0.2) is 0 Å². The van der Waals surface area contributed by atoms with Gasteiger partial charge in [0.1, 0.15) is 0 Å². The van der Waals surface area contributed by atoms with E-state index < -0.39 is 10.0 Å². The summed E-state index contributed by atoms with van der Waals surface area (Å²) in [5, 5.41) is 0. The highest BCUT2D eigenvalue weighted by molar-refractivity contribution is 7.89. The first-order valence-corrected chi connectivity index (χ1v) is 7.51. The molecule has 0 unspecified atom stereocenters. The maximum atomic E-state index is 11.9. The van der Waals surface area contributed by atoms with Crippen LogP contribution < -0.4 is 15.4 Å². The van der Waals surface area contributed by atoms with Crippen molar-refractivity contribution >= 4 is 21.4 Å². The van der Waals surface area contributed by atoms with Gasteiger partial charge in [-0.05, 0) is 24.6 Å². The van der Waals surface area contributed by atoms with Gasteiger partial charge in [0.2, 0.25) is 10.0 Å². The summed E-state index contributed by atoms with van der Waals surface area (Å²) in [5.41, 5.74) is 7.21. The Morgan fingerprint density at radius 2 is 2.00 bits per heavy atom. The normalized spacial score (nSPS) is 11.5. The molecule has 0 amide bonds. The maximum Gasteiger partial charge on any atom is 0.240 e. The Labute approximate surface area is 109 Å². The first-order chi connectivity index (χ1) is 8.42. The van der Waals surface area contributed by atoms with E-state index in [4.69, 9.17) is 5.73 Å². The molecule has 0 radical (unpaired) electrons. The fourth-order valence-corrected chi connectivity index (χ4v) is 2.81. The van der Waals surface area contributed by atoms with Gasteiger partial charge in [0.25, 0.3) is 0 Å². The molecular weight excluding hydrogens is 250 g/mol. The molecule has 0 fully saturated rings. The van der Waals surface area contributed by atoms with Crippen molar-refractivity contribution in [2.75, 3.05) is 30.8 Å². The van der Waals surface area contributed by atoms with E-state index in [1.54, 1.807) is 19.1 Å². The zero-order valence-electron chi connectivity index (χ0n) is 11.1. The predicted octanol–water partition coefficient (Wildman–Crippen LogP) is 1.41. The molecule has 0 aliphatic carbocycles. The van der Waals surface area contributed by atoms with Gasteiger partial charge in [-0.2, -0.15) is 0 Å². The minimum absolute atomic E-state index is 0.247. The van der Waals surface area contributed by atoms with E-state index >= 15 is 0 Å². The summed E-state index contributed by atoms with van der Waals surface area (Å²) in [5.74, 6) is 0. The number of nitrogens with two attached hydrogens (primary N) is 1. The Kier molecular flexibility index (Phi) is 4.98. The number of nitrogens with zero attached hydrogens (tertiary/aromatic N) is 1. The van der Waals surface area contributed by atoms with Crippen LogP contribution in [0.15, 0.2) is 23.1 Å². The molecular formula is C12H21N3O2S. The van der Waals surface area contributed by atoms with Crippen molar-refractivity contribution < 1.29 is 8.42 Å². The number of nitrogens with one attached hydrogen (secondary N) is 1. The minimum atomic E-state index is -3.43. The third-order valence-electron chi connectivity index (χ3n) is 2.62. The van der Waals surface area contributed by atoms with Crippen molar-refractivity contribution in [1.29, 1.82) is 0 Å². The van der Waals surface area contributed by atoms with Gasteiger partial charge in [-0.1, -0.05) is 13.8 Å². The van der Waals surface area contributed by atoms with Gasteiger partial charge in [0.05, 0.1) is 16.3 Å². The minimum Gasteiger partial charge on any atom is -0.397 e. The highest BCUT2D eigenvalue weighted by Crippen LogP contribution is 2.25. The molecule has 0 bridgehead atoms. The molecule has 1 rings (SSSR count). The van der Waals surface area contributed by atoms with Gasteiger partial charge in [0, 0.05) is 20.1 Å². The third-order valence-corrected chi connectivity index (χ3v) is 4.16. The molecule has 3 N–H and O–H groups in total. The summed E-state index contributed by atoms with van der Waals surface area (Å²) in [6, 6.07) is 4.77. The Morgan fingerprint density at radius 3 is 2.56 bits per heavy atom. The van der Waals surface area contributed by atoms with Gasteiger partial charge in [-0.25, -0.2) is 13.1 Å². The summed E-state index contributed by atoms with van der Waals surface area (Å²) in [6.07, 6.45) is 0.972. The standard InChI is InChI=1S/C12H21N3O2S/c1-4-8-15(3)12-9-10(6-7-11(12)13)18(16,17)14-5-2/h6-7,9,14H,4-5,8,13H2,1-3H3. The van der Waals surface area contributed by atoms with E-state index in [0.29, 0.717) is 12.2 Å². The lowest BCUT2D eigenvalue weighted by Gasteiger charge is -2.21.